The van der Waals surface area contributed by atoms with E-state index < -0.39 is 0 Å². The smallest absolute Gasteiger partial charge is 0.227 e. The van der Waals surface area contributed by atoms with E-state index in [2.05, 4.69) is 10.3 Å². The van der Waals surface area contributed by atoms with Crippen LogP contribution in [0.3, 0.4) is 0 Å². The number of likely N-dealkylation sites (tertiary alicyclic amines) is 1. The maximum atomic E-state index is 12.4. The highest BCUT2D eigenvalue weighted by Crippen LogP contribution is 2.28. The summed E-state index contributed by atoms with van der Waals surface area (Å²) in [6.45, 7) is 3.03. The highest BCUT2D eigenvalue weighted by Gasteiger charge is 2.28. The van der Waals surface area contributed by atoms with Crippen molar-refractivity contribution in [2.75, 3.05) is 18.4 Å². The maximum absolute atomic E-state index is 12.4. The molecule has 0 spiro atoms. The van der Waals surface area contributed by atoms with Crippen molar-refractivity contribution in [3.05, 3.63) is 46.4 Å². The predicted octanol–water partition coefficient (Wildman–Crippen LogP) is 2.66. The molecule has 0 saturated carbocycles. The fourth-order valence-corrected chi connectivity index (χ4v) is 3.59. The van der Waals surface area contributed by atoms with Gasteiger partial charge in [0, 0.05) is 43.2 Å². The van der Waals surface area contributed by atoms with Gasteiger partial charge >= 0.3 is 0 Å². The first-order valence-corrected chi connectivity index (χ1v) is 8.53. The lowest BCUT2D eigenvalue weighted by molar-refractivity contribution is -0.129. The molecule has 3 rings (SSSR count). The summed E-state index contributed by atoms with van der Waals surface area (Å²) in [5.41, 5.74) is 1.71. The molecule has 2 heterocycles. The number of amides is 2. The Labute approximate surface area is 139 Å². The Kier molecular flexibility index (Phi) is 4.71. The standard InChI is InChI=1S/C17H19N3O2S/c1-12(21)19-15-4-2-13(3-5-15)10-16(22)20-8-6-14(11-20)17-18-7-9-23-17/h2-5,7,9,14H,6,8,10-11H2,1H3,(H,19,21)/t14-/m1/s1. The van der Waals surface area contributed by atoms with E-state index in [0.717, 1.165) is 35.8 Å². The zero-order chi connectivity index (χ0) is 16.2. The Bertz CT molecular complexity index is 682. The molecule has 2 amide bonds. The van der Waals surface area contributed by atoms with E-state index in [1.54, 1.807) is 11.3 Å². The topological polar surface area (TPSA) is 62.3 Å². The zero-order valence-electron chi connectivity index (χ0n) is 13.0. The van der Waals surface area contributed by atoms with E-state index in [9.17, 15) is 9.59 Å². The first-order valence-electron chi connectivity index (χ1n) is 7.65. The Morgan fingerprint density at radius 3 is 2.78 bits per heavy atom. The fraction of sp³-hybridized carbons (Fsp3) is 0.353. The summed E-state index contributed by atoms with van der Waals surface area (Å²) in [6.07, 6.45) is 3.20. The summed E-state index contributed by atoms with van der Waals surface area (Å²) < 4.78 is 0. The second-order valence-electron chi connectivity index (χ2n) is 5.75. The fourth-order valence-electron chi connectivity index (χ4n) is 2.82. The Hall–Kier alpha value is -2.21. The van der Waals surface area contributed by atoms with Gasteiger partial charge in [0.05, 0.1) is 11.4 Å². The van der Waals surface area contributed by atoms with Gasteiger partial charge in [0.2, 0.25) is 11.8 Å². The molecule has 1 N–H and O–H groups in total. The molecule has 1 aromatic heterocycles. The Morgan fingerprint density at radius 1 is 1.35 bits per heavy atom. The van der Waals surface area contributed by atoms with Crippen molar-refractivity contribution in [1.29, 1.82) is 0 Å². The van der Waals surface area contributed by atoms with Crippen molar-refractivity contribution in [3.8, 4) is 0 Å². The highest BCUT2D eigenvalue weighted by molar-refractivity contribution is 7.09. The van der Waals surface area contributed by atoms with Crippen LogP contribution in [0.1, 0.15) is 29.8 Å². The van der Waals surface area contributed by atoms with Gasteiger partial charge in [0.25, 0.3) is 0 Å². The summed E-state index contributed by atoms with van der Waals surface area (Å²) in [7, 11) is 0. The maximum Gasteiger partial charge on any atom is 0.227 e. The van der Waals surface area contributed by atoms with Gasteiger partial charge in [-0.2, -0.15) is 0 Å². The minimum atomic E-state index is -0.0980. The lowest BCUT2D eigenvalue weighted by atomic mass is 10.1. The number of nitrogens with one attached hydrogen (secondary N) is 1. The van der Waals surface area contributed by atoms with E-state index in [1.165, 1.54) is 6.92 Å². The Morgan fingerprint density at radius 2 is 2.13 bits per heavy atom. The van der Waals surface area contributed by atoms with Crippen molar-refractivity contribution >= 4 is 28.8 Å². The second-order valence-corrected chi connectivity index (χ2v) is 6.68. The van der Waals surface area contributed by atoms with E-state index in [1.807, 2.05) is 40.7 Å². The molecule has 1 aromatic carbocycles. The number of aromatic nitrogens is 1. The molecule has 1 aliphatic heterocycles. The summed E-state index contributed by atoms with van der Waals surface area (Å²) in [5, 5.41) is 5.83. The number of benzene rings is 1. The summed E-state index contributed by atoms with van der Waals surface area (Å²) in [6, 6.07) is 7.42. The number of thiazole rings is 1. The molecule has 1 aliphatic rings. The van der Waals surface area contributed by atoms with Crippen molar-refractivity contribution in [2.24, 2.45) is 0 Å². The molecule has 1 atom stereocenters. The van der Waals surface area contributed by atoms with Gasteiger partial charge < -0.3 is 10.2 Å². The molecule has 6 heteroatoms. The number of carbonyl (C=O) groups excluding carboxylic acids is 2. The predicted molar refractivity (Wildman–Crippen MR) is 90.5 cm³/mol. The number of nitrogens with zero attached hydrogens (tertiary/aromatic N) is 2. The van der Waals surface area contributed by atoms with Gasteiger partial charge in [-0.15, -0.1) is 11.3 Å². The van der Waals surface area contributed by atoms with Crippen molar-refractivity contribution in [2.45, 2.75) is 25.7 Å². The van der Waals surface area contributed by atoms with Gasteiger partial charge in [-0.1, -0.05) is 12.1 Å². The van der Waals surface area contributed by atoms with Gasteiger partial charge in [0.15, 0.2) is 0 Å². The van der Waals surface area contributed by atoms with E-state index in [-0.39, 0.29) is 11.8 Å². The molecule has 0 radical (unpaired) electrons. The van der Waals surface area contributed by atoms with E-state index >= 15 is 0 Å². The van der Waals surface area contributed by atoms with Crippen molar-refractivity contribution < 1.29 is 9.59 Å². The number of hydrogen-bond acceptors (Lipinski definition) is 4. The van der Waals surface area contributed by atoms with Crippen molar-refractivity contribution in [1.82, 2.24) is 9.88 Å². The van der Waals surface area contributed by atoms with Gasteiger partial charge in [-0.3, -0.25) is 9.59 Å². The number of anilines is 1. The van der Waals surface area contributed by atoms with Crippen LogP contribution in [0.4, 0.5) is 5.69 Å². The van der Waals surface area contributed by atoms with E-state index in [0.29, 0.717) is 12.3 Å². The third kappa shape index (κ3) is 3.96. The lowest BCUT2D eigenvalue weighted by Gasteiger charge is -2.16. The van der Waals surface area contributed by atoms with Crippen LogP contribution in [0, 0.1) is 0 Å². The van der Waals surface area contributed by atoms with Crippen LogP contribution in [0.15, 0.2) is 35.8 Å². The molecule has 0 aliphatic carbocycles. The molecule has 0 bridgehead atoms. The van der Waals surface area contributed by atoms with Gasteiger partial charge in [0.1, 0.15) is 0 Å². The lowest BCUT2D eigenvalue weighted by Crippen LogP contribution is -2.29. The largest absolute Gasteiger partial charge is 0.342 e. The number of hydrogen-bond donors (Lipinski definition) is 1. The minimum Gasteiger partial charge on any atom is -0.342 e. The second kappa shape index (κ2) is 6.91. The summed E-state index contributed by atoms with van der Waals surface area (Å²) in [5.74, 6) is 0.427. The van der Waals surface area contributed by atoms with Gasteiger partial charge in [-0.05, 0) is 24.1 Å². The first-order chi connectivity index (χ1) is 11.1. The molecular formula is C17H19N3O2S. The summed E-state index contributed by atoms with van der Waals surface area (Å²) in [4.78, 5) is 29.7. The highest BCUT2D eigenvalue weighted by atomic mass is 32.1. The van der Waals surface area contributed by atoms with Crippen LogP contribution in [-0.2, 0) is 16.0 Å². The number of rotatable bonds is 4. The molecular weight excluding hydrogens is 310 g/mol. The molecule has 5 nitrogen and oxygen atoms in total. The molecule has 120 valence electrons. The van der Waals surface area contributed by atoms with E-state index in [4.69, 9.17) is 0 Å². The van der Waals surface area contributed by atoms with Crippen LogP contribution in [-0.4, -0.2) is 34.8 Å². The molecule has 1 saturated heterocycles. The normalized spacial score (nSPS) is 17.3. The molecule has 2 aromatic rings. The monoisotopic (exact) mass is 329 g/mol. The van der Waals surface area contributed by atoms with Crippen LogP contribution in [0.25, 0.3) is 0 Å². The molecule has 1 fully saturated rings. The minimum absolute atomic E-state index is 0.0980. The molecule has 0 unspecified atom stereocenters. The quantitative estimate of drug-likeness (QED) is 0.938. The summed E-state index contributed by atoms with van der Waals surface area (Å²) >= 11 is 1.66. The Balaban J connectivity index is 1.56. The zero-order valence-corrected chi connectivity index (χ0v) is 13.8. The molecule has 23 heavy (non-hydrogen) atoms. The SMILES string of the molecule is CC(=O)Nc1ccc(CC(=O)N2CC[C@@H](c3nccs3)C2)cc1. The first kappa shape index (κ1) is 15.7. The average molecular weight is 329 g/mol. The number of carbonyl (C=O) groups is 2. The van der Waals surface area contributed by atoms with Crippen LogP contribution < -0.4 is 5.32 Å². The van der Waals surface area contributed by atoms with Crippen LogP contribution in [0.5, 0.6) is 0 Å². The third-order valence-electron chi connectivity index (χ3n) is 3.97. The van der Waals surface area contributed by atoms with Crippen LogP contribution >= 0.6 is 11.3 Å². The average Bonchev–Trinajstić information content (AvgIpc) is 3.19. The third-order valence-corrected chi connectivity index (χ3v) is 4.91. The van der Waals surface area contributed by atoms with Crippen LogP contribution in [0.2, 0.25) is 0 Å². The van der Waals surface area contributed by atoms with Crippen molar-refractivity contribution in [3.63, 3.8) is 0 Å². The van der Waals surface area contributed by atoms with Gasteiger partial charge in [-0.25, -0.2) is 4.98 Å².